The Labute approximate surface area is 214 Å². The summed E-state index contributed by atoms with van der Waals surface area (Å²) >= 11 is 1.61. The van der Waals surface area contributed by atoms with Gasteiger partial charge in [0.25, 0.3) is 5.91 Å². The number of aryl methyl sites for hydroxylation is 1. The van der Waals surface area contributed by atoms with E-state index >= 15 is 0 Å². The smallest absolute Gasteiger partial charge is 0.254 e. The fraction of sp³-hybridized carbons (Fsp3) is 0.241. The van der Waals surface area contributed by atoms with Crippen LogP contribution in [0.25, 0.3) is 26.4 Å². The average molecular weight is 497 g/mol. The summed E-state index contributed by atoms with van der Waals surface area (Å²) in [4.78, 5) is 23.5. The van der Waals surface area contributed by atoms with Gasteiger partial charge in [0.15, 0.2) is 4.96 Å². The summed E-state index contributed by atoms with van der Waals surface area (Å²) in [5.74, 6) is 0.922. The highest BCUT2D eigenvalue weighted by molar-refractivity contribution is 7.23. The number of carbonyl (C=O) groups is 1. The van der Waals surface area contributed by atoms with Crippen LogP contribution in [0.15, 0.2) is 72.9 Å². The topological polar surface area (TPSA) is 50.1 Å². The van der Waals surface area contributed by atoms with Gasteiger partial charge in [0.1, 0.15) is 5.75 Å². The van der Waals surface area contributed by atoms with Gasteiger partial charge >= 0.3 is 0 Å². The lowest BCUT2D eigenvalue weighted by Crippen LogP contribution is -2.53. The van der Waals surface area contributed by atoms with Crippen LogP contribution < -0.4 is 9.64 Å². The number of benzene rings is 3. The first-order chi connectivity index (χ1) is 17.5. The van der Waals surface area contributed by atoms with Gasteiger partial charge in [0.2, 0.25) is 0 Å². The Kier molecular flexibility index (Phi) is 5.64. The number of aromatic nitrogens is 2. The van der Waals surface area contributed by atoms with Crippen LogP contribution in [0.4, 0.5) is 5.69 Å². The van der Waals surface area contributed by atoms with Crippen LogP contribution in [-0.2, 0) is 0 Å². The van der Waals surface area contributed by atoms with E-state index in [2.05, 4.69) is 53.6 Å². The van der Waals surface area contributed by atoms with Crippen LogP contribution in [-0.4, -0.2) is 53.0 Å². The van der Waals surface area contributed by atoms with Crippen LogP contribution in [0.1, 0.15) is 22.8 Å². The van der Waals surface area contributed by atoms with Crippen molar-refractivity contribution >= 4 is 38.1 Å². The molecule has 1 amide bonds. The third-order valence-corrected chi connectivity index (χ3v) is 7.99. The van der Waals surface area contributed by atoms with Gasteiger partial charge in [-0.3, -0.25) is 9.20 Å². The number of hydrogen-bond acceptors (Lipinski definition) is 5. The first-order valence-electron chi connectivity index (χ1n) is 12.2. The Morgan fingerprint density at radius 3 is 2.64 bits per heavy atom. The number of nitrogens with zero attached hydrogens (tertiary/aromatic N) is 4. The number of fused-ring (bicyclic) bond motifs is 3. The molecule has 6 nitrogen and oxygen atoms in total. The first-order valence-corrected chi connectivity index (χ1v) is 13.0. The van der Waals surface area contributed by atoms with Gasteiger partial charge in [-0.15, -0.1) is 0 Å². The SMILES string of the molecule is COc1ccc(-c2cn3c(n2)sc2cc(C(=O)N4CCN(c5cccc(C)c5)[C@H](C)C4)ccc23)cc1. The Morgan fingerprint density at radius 1 is 1.06 bits per heavy atom. The largest absolute Gasteiger partial charge is 0.497 e. The molecule has 3 aromatic carbocycles. The van der Waals surface area contributed by atoms with E-state index in [0.717, 1.165) is 44.3 Å². The zero-order valence-electron chi connectivity index (χ0n) is 20.6. The molecule has 0 N–H and O–H groups in total. The van der Waals surface area contributed by atoms with Crippen molar-refractivity contribution in [3.05, 3.63) is 84.1 Å². The number of carbonyl (C=O) groups excluding carboxylic acids is 1. The van der Waals surface area contributed by atoms with Gasteiger partial charge < -0.3 is 14.5 Å². The maximum absolute atomic E-state index is 13.4. The van der Waals surface area contributed by atoms with Crippen molar-refractivity contribution in [1.82, 2.24) is 14.3 Å². The molecule has 0 bridgehead atoms. The van der Waals surface area contributed by atoms with Crippen LogP contribution in [0, 0.1) is 6.92 Å². The molecule has 1 fully saturated rings. The van der Waals surface area contributed by atoms with Crippen molar-refractivity contribution < 1.29 is 9.53 Å². The van der Waals surface area contributed by atoms with Crippen LogP contribution in [0.5, 0.6) is 5.75 Å². The minimum atomic E-state index is 0.0950. The molecule has 2 aromatic heterocycles. The van der Waals surface area contributed by atoms with Gasteiger partial charge in [-0.25, -0.2) is 4.98 Å². The number of imidazole rings is 1. The highest BCUT2D eigenvalue weighted by Gasteiger charge is 2.28. The lowest BCUT2D eigenvalue weighted by Gasteiger charge is -2.41. The second kappa shape index (κ2) is 8.99. The van der Waals surface area contributed by atoms with Crippen molar-refractivity contribution in [2.24, 2.45) is 0 Å². The molecule has 0 aliphatic carbocycles. The average Bonchev–Trinajstić information content (AvgIpc) is 3.46. The number of hydrogen-bond donors (Lipinski definition) is 0. The standard InChI is InChI=1S/C29H28N4O2S/c1-19-5-4-6-23(15-19)32-14-13-31(17-20(32)2)28(34)22-9-12-26-27(16-22)36-29-30-25(18-33(26)29)21-7-10-24(35-3)11-8-21/h4-12,15-16,18,20H,13-14,17H2,1-3H3/t20-/m1/s1. The molecule has 0 saturated carbocycles. The summed E-state index contributed by atoms with van der Waals surface area (Å²) in [6.07, 6.45) is 2.06. The van der Waals surface area contributed by atoms with Crippen molar-refractivity contribution in [2.45, 2.75) is 19.9 Å². The minimum absolute atomic E-state index is 0.0950. The minimum Gasteiger partial charge on any atom is -0.497 e. The number of amides is 1. The quantitative estimate of drug-likeness (QED) is 0.312. The molecule has 5 aromatic rings. The fourth-order valence-corrected chi connectivity index (χ4v) is 6.10. The predicted octanol–water partition coefficient (Wildman–Crippen LogP) is 5.88. The lowest BCUT2D eigenvalue weighted by atomic mass is 10.1. The first kappa shape index (κ1) is 22.6. The number of thiazole rings is 1. The second-order valence-corrected chi connectivity index (χ2v) is 10.4. The summed E-state index contributed by atoms with van der Waals surface area (Å²) in [6.45, 7) is 6.57. The molecule has 0 spiro atoms. The van der Waals surface area contributed by atoms with E-state index in [9.17, 15) is 4.79 Å². The summed E-state index contributed by atoms with van der Waals surface area (Å²) in [5.41, 5.74) is 6.25. The van der Waals surface area contributed by atoms with E-state index in [1.54, 1.807) is 18.4 Å². The maximum Gasteiger partial charge on any atom is 0.254 e. The highest BCUT2D eigenvalue weighted by atomic mass is 32.1. The molecule has 3 heterocycles. The molecule has 182 valence electrons. The van der Waals surface area contributed by atoms with Crippen molar-refractivity contribution in [3.8, 4) is 17.0 Å². The number of anilines is 1. The summed E-state index contributed by atoms with van der Waals surface area (Å²) in [6, 6.07) is 22.8. The number of piperazine rings is 1. The summed E-state index contributed by atoms with van der Waals surface area (Å²) in [7, 11) is 1.67. The van der Waals surface area contributed by atoms with Crippen molar-refractivity contribution in [3.63, 3.8) is 0 Å². The van der Waals surface area contributed by atoms with Gasteiger partial charge in [0, 0.05) is 48.7 Å². The van der Waals surface area contributed by atoms with Crippen LogP contribution >= 0.6 is 11.3 Å². The molecule has 1 saturated heterocycles. The Morgan fingerprint density at radius 2 is 1.89 bits per heavy atom. The van der Waals surface area contributed by atoms with Gasteiger partial charge in [-0.1, -0.05) is 23.5 Å². The third kappa shape index (κ3) is 3.99. The third-order valence-electron chi connectivity index (χ3n) is 6.97. The van der Waals surface area contributed by atoms with Gasteiger partial charge in [-0.2, -0.15) is 0 Å². The molecule has 0 radical (unpaired) electrons. The van der Waals surface area contributed by atoms with Crippen LogP contribution in [0.2, 0.25) is 0 Å². The Bertz CT molecular complexity index is 1570. The Hall–Kier alpha value is -3.84. The molecule has 1 atom stereocenters. The van der Waals surface area contributed by atoms with E-state index in [0.29, 0.717) is 13.1 Å². The maximum atomic E-state index is 13.4. The molecular weight excluding hydrogens is 468 g/mol. The van der Waals surface area contributed by atoms with Gasteiger partial charge in [-0.05, 0) is 74.0 Å². The van der Waals surface area contributed by atoms with E-state index in [1.165, 1.54) is 11.3 Å². The normalized spacial score (nSPS) is 16.1. The monoisotopic (exact) mass is 496 g/mol. The molecule has 1 aliphatic heterocycles. The van der Waals surface area contributed by atoms with Crippen molar-refractivity contribution in [1.29, 1.82) is 0 Å². The Balaban J connectivity index is 1.22. The van der Waals surface area contributed by atoms with E-state index < -0.39 is 0 Å². The zero-order chi connectivity index (χ0) is 24.8. The van der Waals surface area contributed by atoms with Gasteiger partial charge in [0.05, 0.1) is 23.0 Å². The van der Waals surface area contributed by atoms with Crippen molar-refractivity contribution in [2.75, 3.05) is 31.6 Å². The molecule has 6 rings (SSSR count). The predicted molar refractivity (Wildman–Crippen MR) is 146 cm³/mol. The molecule has 0 unspecified atom stereocenters. The van der Waals surface area contributed by atoms with Crippen LogP contribution in [0.3, 0.4) is 0 Å². The molecule has 1 aliphatic rings. The van der Waals surface area contributed by atoms with E-state index in [1.807, 2.05) is 47.4 Å². The fourth-order valence-electron chi connectivity index (χ4n) is 5.05. The lowest BCUT2D eigenvalue weighted by molar-refractivity contribution is 0.0726. The van der Waals surface area contributed by atoms with E-state index in [4.69, 9.17) is 9.72 Å². The number of rotatable bonds is 4. The molecule has 7 heteroatoms. The summed E-state index contributed by atoms with van der Waals surface area (Å²) < 4.78 is 8.43. The summed E-state index contributed by atoms with van der Waals surface area (Å²) in [5, 5.41) is 0. The molecular formula is C29H28N4O2S. The zero-order valence-corrected chi connectivity index (χ0v) is 21.5. The number of ether oxygens (including phenoxy) is 1. The molecule has 36 heavy (non-hydrogen) atoms. The number of methoxy groups -OCH3 is 1. The second-order valence-electron chi connectivity index (χ2n) is 9.42. The highest BCUT2D eigenvalue weighted by Crippen LogP contribution is 2.31. The van der Waals surface area contributed by atoms with E-state index in [-0.39, 0.29) is 11.9 Å².